The van der Waals surface area contributed by atoms with Crippen molar-refractivity contribution in [2.45, 2.75) is 35.9 Å². The van der Waals surface area contributed by atoms with Crippen LogP contribution < -0.4 is 0 Å². The van der Waals surface area contributed by atoms with Crippen molar-refractivity contribution >= 4 is 56.5 Å². The summed E-state index contributed by atoms with van der Waals surface area (Å²) < 4.78 is 37.2. The van der Waals surface area contributed by atoms with Crippen LogP contribution in [0, 0.1) is 6.92 Å². The number of fused-ring (bicyclic) bond motifs is 1. The summed E-state index contributed by atoms with van der Waals surface area (Å²) in [7, 11) is -2.49. The van der Waals surface area contributed by atoms with Gasteiger partial charge < -0.3 is 4.74 Å². The third kappa shape index (κ3) is 3.32. The molecule has 0 saturated carbocycles. The molecule has 0 spiro atoms. The molecule has 0 heterocycles. The van der Waals surface area contributed by atoms with E-state index in [-0.39, 0.29) is 31.4 Å². The average molecular weight is 494 g/mol. The molecule has 3 atom stereocenters. The first-order chi connectivity index (χ1) is 13.6. The van der Waals surface area contributed by atoms with Crippen molar-refractivity contribution in [3.63, 3.8) is 0 Å². The minimum Gasteiger partial charge on any atom is -0.369 e. The predicted molar refractivity (Wildman–Crippen MR) is 115 cm³/mol. The maximum Gasteiger partial charge on any atom is 0.297 e. The lowest BCUT2D eigenvalue weighted by Gasteiger charge is -2.47. The van der Waals surface area contributed by atoms with E-state index in [9.17, 15) is 8.42 Å². The molecule has 3 aliphatic rings. The molecule has 2 bridgehead atoms. The molecular weight excluding hydrogens is 478 g/mol. The molecule has 0 saturated heterocycles. The van der Waals surface area contributed by atoms with Crippen LogP contribution >= 0.6 is 46.4 Å². The maximum absolute atomic E-state index is 12.9. The summed E-state index contributed by atoms with van der Waals surface area (Å²) in [5.41, 5.74) is 1.10. The fourth-order valence-electron chi connectivity index (χ4n) is 3.99. The van der Waals surface area contributed by atoms with Gasteiger partial charge in [-0.25, -0.2) is 0 Å². The fourth-order valence-corrected chi connectivity index (χ4v) is 6.24. The highest BCUT2D eigenvalue weighted by molar-refractivity contribution is 7.86. The molecule has 0 fully saturated rings. The summed E-state index contributed by atoms with van der Waals surface area (Å²) in [6.07, 6.45) is 3.14. The van der Waals surface area contributed by atoms with E-state index in [4.69, 9.17) is 55.3 Å². The Hall–Kier alpha value is -0.790. The Balaban J connectivity index is 1.81. The minimum absolute atomic E-state index is 0.0819. The third-order valence-corrected chi connectivity index (χ3v) is 8.63. The van der Waals surface area contributed by atoms with E-state index in [2.05, 4.69) is 0 Å². The van der Waals surface area contributed by atoms with Gasteiger partial charge in [0.1, 0.15) is 5.60 Å². The Kier molecular flexibility index (Phi) is 5.48. The zero-order valence-electron chi connectivity index (χ0n) is 15.4. The van der Waals surface area contributed by atoms with E-state index in [0.717, 1.165) is 5.56 Å². The Labute approximate surface area is 189 Å². The first-order valence-corrected chi connectivity index (χ1v) is 11.6. The zero-order valence-corrected chi connectivity index (χ0v) is 19.2. The smallest absolute Gasteiger partial charge is 0.297 e. The predicted octanol–water partition coefficient (Wildman–Crippen LogP) is 6.28. The van der Waals surface area contributed by atoms with Crippen molar-refractivity contribution in [3.05, 3.63) is 73.2 Å². The number of benzene rings is 2. The average Bonchev–Trinajstić information content (AvgIpc) is 2.70. The second-order valence-corrected chi connectivity index (χ2v) is 10.2. The van der Waals surface area contributed by atoms with E-state index in [0.29, 0.717) is 11.1 Å². The van der Waals surface area contributed by atoms with Crippen molar-refractivity contribution < 1.29 is 17.3 Å². The summed E-state index contributed by atoms with van der Waals surface area (Å²) in [6.45, 7) is 1.88. The van der Waals surface area contributed by atoms with E-state index in [1.54, 1.807) is 12.1 Å². The molecule has 0 N–H and O–H groups in total. The van der Waals surface area contributed by atoms with Crippen molar-refractivity contribution in [1.82, 2.24) is 0 Å². The van der Waals surface area contributed by atoms with E-state index < -0.39 is 27.7 Å². The van der Waals surface area contributed by atoms with E-state index in [1.807, 2.05) is 19.1 Å². The van der Waals surface area contributed by atoms with Crippen LogP contribution in [-0.4, -0.2) is 21.6 Å². The maximum atomic E-state index is 12.9. The summed E-state index contributed by atoms with van der Waals surface area (Å²) >= 11 is 25.5. The molecule has 4 nitrogen and oxygen atoms in total. The van der Waals surface area contributed by atoms with Crippen LogP contribution in [0.1, 0.15) is 29.0 Å². The lowest BCUT2D eigenvalue weighted by Crippen LogP contribution is -2.45. The first kappa shape index (κ1) is 21.4. The summed E-state index contributed by atoms with van der Waals surface area (Å²) in [5, 5.41) is 0.712. The Morgan fingerprint density at radius 2 is 1.62 bits per heavy atom. The van der Waals surface area contributed by atoms with Gasteiger partial charge in [0.05, 0.1) is 31.1 Å². The number of halogens is 4. The molecule has 0 unspecified atom stereocenters. The Bertz CT molecular complexity index is 1130. The van der Waals surface area contributed by atoms with E-state index in [1.165, 1.54) is 19.2 Å². The number of rotatable bonds is 4. The van der Waals surface area contributed by atoms with Gasteiger partial charge in [0, 0.05) is 25.0 Å². The van der Waals surface area contributed by atoms with Crippen molar-refractivity contribution in [1.29, 1.82) is 0 Å². The van der Waals surface area contributed by atoms with Crippen LogP contribution in [0.25, 0.3) is 0 Å². The van der Waals surface area contributed by atoms with E-state index >= 15 is 0 Å². The zero-order chi connectivity index (χ0) is 21.1. The highest BCUT2D eigenvalue weighted by Crippen LogP contribution is 2.58. The highest BCUT2D eigenvalue weighted by atomic mass is 35.5. The van der Waals surface area contributed by atoms with Crippen LogP contribution in [0.5, 0.6) is 0 Å². The SMILES string of the molecule is CO[C@@]12C=C[C@@H](c3c(Cl)c(Cl)c(Cl)c(Cl)c31)[C@@H](OS(=O)(=O)c1ccc(C)cc1)C2. The van der Waals surface area contributed by atoms with Crippen molar-refractivity contribution in [3.8, 4) is 0 Å². The summed E-state index contributed by atoms with van der Waals surface area (Å²) in [6, 6.07) is 6.46. The standard InChI is InChI=1S/C20H16Cl4O4S/c1-10-3-5-11(6-4-10)29(25,26)28-13-9-20(27-2)8-7-12(13)14-15(20)17(22)19(24)18(23)16(14)21/h3-8,12-13H,9H2,1-2H3/t12-,13+,20-/m1/s1. The van der Waals surface area contributed by atoms with Crippen LogP contribution in [0.3, 0.4) is 0 Å². The lowest BCUT2D eigenvalue weighted by atomic mass is 9.67. The number of hydrogen-bond acceptors (Lipinski definition) is 4. The number of methoxy groups -OCH3 is 1. The molecule has 0 aromatic heterocycles. The van der Waals surface area contributed by atoms with Gasteiger partial charge in [-0.3, -0.25) is 4.18 Å². The van der Waals surface area contributed by atoms with Crippen LogP contribution in [0.2, 0.25) is 20.1 Å². The largest absolute Gasteiger partial charge is 0.369 e. The van der Waals surface area contributed by atoms with Gasteiger partial charge in [-0.05, 0) is 24.6 Å². The molecule has 2 aromatic carbocycles. The molecule has 9 heteroatoms. The molecule has 29 heavy (non-hydrogen) atoms. The second-order valence-electron chi connectivity index (χ2n) is 7.13. The number of aryl methyl sites for hydroxylation is 1. The van der Waals surface area contributed by atoms with Gasteiger partial charge in [-0.1, -0.05) is 76.3 Å². The van der Waals surface area contributed by atoms with Gasteiger partial charge in [-0.15, -0.1) is 0 Å². The highest BCUT2D eigenvalue weighted by Gasteiger charge is 2.51. The molecule has 3 aliphatic carbocycles. The van der Waals surface area contributed by atoms with Crippen molar-refractivity contribution in [2.75, 3.05) is 7.11 Å². The quantitative estimate of drug-likeness (QED) is 0.217. The minimum atomic E-state index is -4.00. The molecule has 0 aliphatic heterocycles. The second kappa shape index (κ2) is 7.41. The molecule has 154 valence electrons. The van der Waals surface area contributed by atoms with Crippen LogP contribution in [0.15, 0.2) is 41.3 Å². The fraction of sp³-hybridized carbons (Fsp3) is 0.300. The monoisotopic (exact) mass is 492 g/mol. The van der Waals surface area contributed by atoms with Crippen molar-refractivity contribution in [2.24, 2.45) is 0 Å². The van der Waals surface area contributed by atoms with Crippen LogP contribution in [0.4, 0.5) is 0 Å². The van der Waals surface area contributed by atoms with Gasteiger partial charge in [0.25, 0.3) is 10.1 Å². The number of hydrogen-bond donors (Lipinski definition) is 0. The molecule has 5 rings (SSSR count). The molecule has 2 aromatic rings. The lowest BCUT2D eigenvalue weighted by molar-refractivity contribution is -0.0293. The van der Waals surface area contributed by atoms with Gasteiger partial charge in [0.15, 0.2) is 0 Å². The Morgan fingerprint density at radius 1 is 1.00 bits per heavy atom. The van der Waals surface area contributed by atoms with Gasteiger partial charge in [0.2, 0.25) is 0 Å². The molecule has 0 radical (unpaired) electrons. The normalized spacial score (nSPS) is 25.3. The van der Waals surface area contributed by atoms with Gasteiger partial charge >= 0.3 is 0 Å². The number of ether oxygens (including phenoxy) is 1. The third-order valence-electron chi connectivity index (χ3n) is 5.46. The topological polar surface area (TPSA) is 52.6 Å². The Morgan fingerprint density at radius 3 is 2.24 bits per heavy atom. The summed E-state index contributed by atoms with van der Waals surface area (Å²) in [4.78, 5) is 0.0819. The first-order valence-electron chi connectivity index (χ1n) is 8.72. The van der Waals surface area contributed by atoms with Gasteiger partial charge in [-0.2, -0.15) is 8.42 Å². The molecular formula is C20H16Cl4O4S. The summed E-state index contributed by atoms with van der Waals surface area (Å²) in [5.74, 6) is -0.470. The molecule has 0 amide bonds. The van der Waals surface area contributed by atoms with Crippen LogP contribution in [-0.2, 0) is 24.6 Å².